The van der Waals surface area contributed by atoms with Crippen LogP contribution in [-0.2, 0) is 11.2 Å². The lowest BCUT2D eigenvalue weighted by Gasteiger charge is -2.26. The molecule has 11 heteroatoms. The Balaban J connectivity index is 1.14. The molecule has 0 unspecified atom stereocenters. The molecule has 4 heterocycles. The molecule has 0 spiro atoms. The van der Waals surface area contributed by atoms with E-state index in [1.807, 2.05) is 48.7 Å². The topological polar surface area (TPSA) is 96.7 Å². The molecule has 236 valence electrons. The highest BCUT2D eigenvalue weighted by Crippen LogP contribution is 2.35. The van der Waals surface area contributed by atoms with E-state index < -0.39 is 23.1 Å². The number of nitrogens with one attached hydrogen (secondary N) is 2. The Morgan fingerprint density at radius 3 is 2.47 bits per heavy atom. The molecule has 3 aromatic carbocycles. The van der Waals surface area contributed by atoms with Crippen LogP contribution >= 0.6 is 0 Å². The first-order valence-corrected chi connectivity index (χ1v) is 15.3. The van der Waals surface area contributed by atoms with E-state index in [4.69, 9.17) is 14.8 Å². The first kappa shape index (κ1) is 30.2. The smallest absolute Gasteiger partial charge is 0.261 e. The number of ether oxygens (including phenoxy) is 1. The molecule has 0 bridgehead atoms. The van der Waals surface area contributed by atoms with Gasteiger partial charge in [0.2, 0.25) is 5.95 Å². The number of morpholine rings is 1. The van der Waals surface area contributed by atoms with Crippen molar-refractivity contribution in [3.05, 3.63) is 126 Å². The van der Waals surface area contributed by atoms with Crippen LogP contribution in [0.5, 0.6) is 0 Å². The zero-order valence-electron chi connectivity index (χ0n) is 25.4. The van der Waals surface area contributed by atoms with Crippen molar-refractivity contribution in [1.29, 1.82) is 0 Å². The number of anilines is 3. The standard InChI is InChI=1S/C36H31F2N7O2/c37-28-7-4-8-29(38)32(28)35(46)40-27-6-3-5-25(23-27)34-33(31-9-1-2-17-45(31)43-34)30-14-16-39-36(42-30)41-26-12-10-24(11-13-26)15-18-44-19-21-47-22-20-44/h1-14,16-17,23H,15,18-22H2,(H,40,46)(H,39,41,42). The summed E-state index contributed by atoms with van der Waals surface area (Å²) >= 11 is 0. The van der Waals surface area contributed by atoms with E-state index in [1.165, 1.54) is 11.6 Å². The van der Waals surface area contributed by atoms with Gasteiger partial charge >= 0.3 is 0 Å². The highest BCUT2D eigenvalue weighted by molar-refractivity contribution is 6.05. The lowest BCUT2D eigenvalue weighted by Crippen LogP contribution is -2.37. The first-order chi connectivity index (χ1) is 23.0. The Bertz CT molecular complexity index is 2020. The molecular formula is C36H31F2N7O2. The minimum Gasteiger partial charge on any atom is -0.379 e. The summed E-state index contributed by atoms with van der Waals surface area (Å²) in [6.45, 7) is 4.54. The van der Waals surface area contributed by atoms with E-state index in [1.54, 1.807) is 28.9 Å². The van der Waals surface area contributed by atoms with Crippen LogP contribution in [0.2, 0.25) is 0 Å². The average Bonchev–Trinajstić information content (AvgIpc) is 3.49. The largest absolute Gasteiger partial charge is 0.379 e. The third kappa shape index (κ3) is 6.71. The van der Waals surface area contributed by atoms with Gasteiger partial charge in [0.1, 0.15) is 22.9 Å². The SMILES string of the molecule is O=C(Nc1cccc(-c2nn3ccccc3c2-c2ccnc(Nc3ccc(CCN4CCOCC4)cc3)n2)c1)c1c(F)cccc1F. The van der Waals surface area contributed by atoms with Crippen LogP contribution in [0.25, 0.3) is 28.0 Å². The number of rotatable bonds is 9. The summed E-state index contributed by atoms with van der Waals surface area (Å²) in [4.78, 5) is 24.5. The van der Waals surface area contributed by atoms with E-state index in [9.17, 15) is 13.6 Å². The molecule has 1 amide bonds. The van der Waals surface area contributed by atoms with Crippen molar-refractivity contribution in [2.45, 2.75) is 6.42 Å². The van der Waals surface area contributed by atoms with Gasteiger partial charge in [0.15, 0.2) is 0 Å². The van der Waals surface area contributed by atoms with Gasteiger partial charge in [0.05, 0.1) is 30.0 Å². The van der Waals surface area contributed by atoms with Crippen molar-refractivity contribution < 1.29 is 18.3 Å². The third-order valence-corrected chi connectivity index (χ3v) is 8.07. The van der Waals surface area contributed by atoms with Crippen LogP contribution in [0, 0.1) is 11.6 Å². The predicted octanol–water partition coefficient (Wildman–Crippen LogP) is 6.61. The van der Waals surface area contributed by atoms with Crippen molar-refractivity contribution in [2.24, 2.45) is 0 Å². The maximum absolute atomic E-state index is 14.3. The lowest BCUT2D eigenvalue weighted by atomic mass is 10.0. The van der Waals surface area contributed by atoms with Gasteiger partial charge in [0, 0.05) is 49.0 Å². The van der Waals surface area contributed by atoms with Crippen LogP contribution in [0.15, 0.2) is 103 Å². The van der Waals surface area contributed by atoms with E-state index in [-0.39, 0.29) is 0 Å². The van der Waals surface area contributed by atoms with Crippen LogP contribution in [0.4, 0.5) is 26.1 Å². The van der Waals surface area contributed by atoms with Crippen LogP contribution in [0.1, 0.15) is 15.9 Å². The van der Waals surface area contributed by atoms with Gasteiger partial charge in [-0.3, -0.25) is 9.69 Å². The molecule has 0 atom stereocenters. The second kappa shape index (κ2) is 13.5. The van der Waals surface area contributed by atoms with Crippen LogP contribution in [0.3, 0.4) is 0 Å². The molecule has 0 saturated carbocycles. The van der Waals surface area contributed by atoms with Crippen molar-refractivity contribution in [1.82, 2.24) is 24.5 Å². The molecule has 0 radical (unpaired) electrons. The van der Waals surface area contributed by atoms with E-state index >= 15 is 0 Å². The van der Waals surface area contributed by atoms with Gasteiger partial charge in [0.25, 0.3) is 5.91 Å². The van der Waals surface area contributed by atoms with E-state index in [2.05, 4.69) is 32.7 Å². The molecule has 1 aliphatic rings. The van der Waals surface area contributed by atoms with Crippen molar-refractivity contribution in [3.63, 3.8) is 0 Å². The number of halogens is 2. The molecule has 47 heavy (non-hydrogen) atoms. The number of aromatic nitrogens is 4. The van der Waals surface area contributed by atoms with Crippen molar-refractivity contribution in [3.8, 4) is 22.5 Å². The fourth-order valence-corrected chi connectivity index (χ4v) is 5.66. The maximum Gasteiger partial charge on any atom is 0.261 e. The Labute approximate surface area is 269 Å². The van der Waals surface area contributed by atoms with E-state index in [0.717, 1.165) is 68.2 Å². The second-order valence-corrected chi connectivity index (χ2v) is 11.2. The zero-order chi connectivity index (χ0) is 32.2. The summed E-state index contributed by atoms with van der Waals surface area (Å²) in [5.74, 6) is -2.33. The summed E-state index contributed by atoms with van der Waals surface area (Å²) in [6, 6.07) is 26.1. The maximum atomic E-state index is 14.3. The molecule has 7 rings (SSSR count). The van der Waals surface area contributed by atoms with Crippen molar-refractivity contribution >= 4 is 28.7 Å². The number of benzene rings is 3. The molecule has 1 saturated heterocycles. The summed E-state index contributed by atoms with van der Waals surface area (Å²) < 4.78 is 35.7. The summed E-state index contributed by atoms with van der Waals surface area (Å²) in [5.41, 5.74) is 5.35. The number of hydrogen-bond donors (Lipinski definition) is 2. The minimum atomic E-state index is -0.936. The highest BCUT2D eigenvalue weighted by Gasteiger charge is 2.20. The molecule has 9 nitrogen and oxygen atoms in total. The van der Waals surface area contributed by atoms with Crippen molar-refractivity contribution in [2.75, 3.05) is 43.5 Å². The Morgan fingerprint density at radius 1 is 0.872 bits per heavy atom. The lowest BCUT2D eigenvalue weighted by molar-refractivity contribution is 0.0384. The highest BCUT2D eigenvalue weighted by atomic mass is 19.1. The second-order valence-electron chi connectivity index (χ2n) is 11.2. The van der Waals surface area contributed by atoms with Gasteiger partial charge in [-0.1, -0.05) is 36.4 Å². The number of carbonyl (C=O) groups is 1. The van der Waals surface area contributed by atoms with Crippen LogP contribution in [-0.4, -0.2) is 63.2 Å². The normalized spacial score (nSPS) is 13.5. The van der Waals surface area contributed by atoms with Gasteiger partial charge in [-0.2, -0.15) is 5.10 Å². The molecule has 2 N–H and O–H groups in total. The number of nitrogens with zero attached hydrogens (tertiary/aromatic N) is 5. The predicted molar refractivity (Wildman–Crippen MR) is 177 cm³/mol. The Hall–Kier alpha value is -5.52. The number of amides is 1. The van der Waals surface area contributed by atoms with E-state index in [0.29, 0.717) is 28.6 Å². The average molecular weight is 632 g/mol. The quantitative estimate of drug-likeness (QED) is 0.186. The Morgan fingerprint density at radius 2 is 1.66 bits per heavy atom. The minimum absolute atomic E-state index is 0.358. The molecule has 1 fully saturated rings. The fraction of sp³-hybridized carbons (Fsp3) is 0.167. The molecule has 3 aromatic heterocycles. The number of hydrogen-bond acceptors (Lipinski definition) is 7. The van der Waals surface area contributed by atoms with Gasteiger partial charge in [-0.25, -0.2) is 23.3 Å². The van der Waals surface area contributed by atoms with Gasteiger partial charge < -0.3 is 15.4 Å². The van der Waals surface area contributed by atoms with Gasteiger partial charge in [-0.15, -0.1) is 0 Å². The third-order valence-electron chi connectivity index (χ3n) is 8.07. The number of carbonyl (C=O) groups excluding carboxylic acids is 1. The van der Waals surface area contributed by atoms with Crippen LogP contribution < -0.4 is 10.6 Å². The zero-order valence-corrected chi connectivity index (χ0v) is 25.4. The summed E-state index contributed by atoms with van der Waals surface area (Å²) in [6.07, 6.45) is 4.50. The monoisotopic (exact) mass is 631 g/mol. The molecule has 0 aliphatic carbocycles. The van der Waals surface area contributed by atoms with Gasteiger partial charge in [-0.05, 0) is 66.6 Å². The first-order valence-electron chi connectivity index (χ1n) is 15.3. The molecule has 6 aromatic rings. The molecule has 1 aliphatic heterocycles. The Kier molecular flexibility index (Phi) is 8.63. The fourth-order valence-electron chi connectivity index (χ4n) is 5.66. The number of fused-ring (bicyclic) bond motifs is 1. The molecular weight excluding hydrogens is 600 g/mol. The number of pyridine rings is 1. The summed E-state index contributed by atoms with van der Waals surface area (Å²) in [5, 5.41) is 10.8. The summed E-state index contributed by atoms with van der Waals surface area (Å²) in [7, 11) is 0.